The molecule has 0 aliphatic heterocycles. The van der Waals surface area contributed by atoms with Crippen molar-refractivity contribution < 1.29 is 13.2 Å². The summed E-state index contributed by atoms with van der Waals surface area (Å²) in [6, 6.07) is 0.0501. The van der Waals surface area contributed by atoms with Crippen molar-refractivity contribution >= 4 is 0 Å². The molecule has 1 saturated carbocycles. The fraction of sp³-hybridized carbons (Fsp3) is 1.00. The van der Waals surface area contributed by atoms with Crippen molar-refractivity contribution in [1.29, 1.82) is 0 Å². The molecule has 1 unspecified atom stereocenters. The standard InChI is InChI=1S/C9H16F3N/c1-13-8(6-7-2-3-7)4-5-9(10,11)12/h7-8,13H,2-6H2,1H3. The lowest BCUT2D eigenvalue weighted by Crippen LogP contribution is -2.27. The molecular weight excluding hydrogens is 179 g/mol. The number of alkyl halides is 3. The van der Waals surface area contributed by atoms with E-state index in [-0.39, 0.29) is 12.5 Å². The summed E-state index contributed by atoms with van der Waals surface area (Å²) >= 11 is 0. The lowest BCUT2D eigenvalue weighted by atomic mass is 10.1. The van der Waals surface area contributed by atoms with E-state index in [9.17, 15) is 13.2 Å². The molecular formula is C9H16F3N. The third-order valence-corrected chi connectivity index (χ3v) is 2.50. The van der Waals surface area contributed by atoms with Crippen molar-refractivity contribution in [3.63, 3.8) is 0 Å². The smallest absolute Gasteiger partial charge is 0.317 e. The Morgan fingerprint density at radius 3 is 2.38 bits per heavy atom. The van der Waals surface area contributed by atoms with E-state index in [0.717, 1.165) is 6.42 Å². The Bertz CT molecular complexity index is 151. The van der Waals surface area contributed by atoms with E-state index in [2.05, 4.69) is 5.32 Å². The molecule has 0 heterocycles. The van der Waals surface area contributed by atoms with Crippen LogP contribution in [0.5, 0.6) is 0 Å². The Labute approximate surface area is 76.7 Å². The van der Waals surface area contributed by atoms with Gasteiger partial charge in [0.15, 0.2) is 0 Å². The normalized spacial score (nSPS) is 20.3. The van der Waals surface area contributed by atoms with Gasteiger partial charge in [-0.2, -0.15) is 13.2 Å². The Hall–Kier alpha value is -0.250. The summed E-state index contributed by atoms with van der Waals surface area (Å²) in [5.74, 6) is 0.686. The number of rotatable bonds is 5. The minimum atomic E-state index is -4.00. The molecule has 4 heteroatoms. The highest BCUT2D eigenvalue weighted by molar-refractivity contribution is 4.79. The van der Waals surface area contributed by atoms with Gasteiger partial charge in [-0.05, 0) is 25.8 Å². The summed E-state index contributed by atoms with van der Waals surface area (Å²) in [7, 11) is 1.74. The van der Waals surface area contributed by atoms with Crippen LogP contribution in [0.2, 0.25) is 0 Å². The van der Waals surface area contributed by atoms with Crippen LogP contribution in [0, 0.1) is 5.92 Å². The maximum absolute atomic E-state index is 11.9. The van der Waals surface area contributed by atoms with Crippen LogP contribution in [0.15, 0.2) is 0 Å². The first-order valence-electron chi connectivity index (χ1n) is 4.75. The van der Waals surface area contributed by atoms with E-state index in [4.69, 9.17) is 0 Å². The molecule has 0 aromatic rings. The van der Waals surface area contributed by atoms with Crippen molar-refractivity contribution in [2.24, 2.45) is 5.92 Å². The van der Waals surface area contributed by atoms with Gasteiger partial charge < -0.3 is 5.32 Å². The molecule has 0 amide bonds. The molecule has 0 aromatic heterocycles. The number of nitrogens with one attached hydrogen (secondary N) is 1. The van der Waals surface area contributed by atoms with Gasteiger partial charge in [0.2, 0.25) is 0 Å². The molecule has 0 radical (unpaired) electrons. The predicted molar refractivity (Wildman–Crippen MR) is 45.5 cm³/mol. The quantitative estimate of drug-likeness (QED) is 0.711. The highest BCUT2D eigenvalue weighted by Crippen LogP contribution is 2.35. The van der Waals surface area contributed by atoms with Crippen LogP contribution in [-0.2, 0) is 0 Å². The average molecular weight is 195 g/mol. The van der Waals surface area contributed by atoms with Crippen LogP contribution >= 0.6 is 0 Å². The first kappa shape index (κ1) is 10.8. The summed E-state index contributed by atoms with van der Waals surface area (Å²) in [5, 5.41) is 2.95. The summed E-state index contributed by atoms with van der Waals surface area (Å²) in [4.78, 5) is 0. The Balaban J connectivity index is 2.14. The number of halogens is 3. The van der Waals surface area contributed by atoms with Gasteiger partial charge in [-0.1, -0.05) is 12.8 Å². The van der Waals surface area contributed by atoms with E-state index >= 15 is 0 Å². The van der Waals surface area contributed by atoms with Crippen LogP contribution in [0.1, 0.15) is 32.1 Å². The number of hydrogen-bond acceptors (Lipinski definition) is 1. The zero-order chi connectivity index (χ0) is 9.90. The largest absolute Gasteiger partial charge is 0.389 e. The van der Waals surface area contributed by atoms with E-state index in [1.54, 1.807) is 7.05 Å². The van der Waals surface area contributed by atoms with Gasteiger partial charge in [0, 0.05) is 12.5 Å². The third-order valence-electron chi connectivity index (χ3n) is 2.50. The molecule has 0 spiro atoms. The molecule has 0 aromatic carbocycles. The summed E-state index contributed by atoms with van der Waals surface area (Å²) in [6.07, 6.45) is -1.14. The lowest BCUT2D eigenvalue weighted by Gasteiger charge is -2.16. The van der Waals surface area contributed by atoms with Gasteiger partial charge in [0.05, 0.1) is 0 Å². The molecule has 0 saturated heterocycles. The van der Waals surface area contributed by atoms with Crippen molar-refractivity contribution in [3.05, 3.63) is 0 Å². The molecule has 1 aliphatic carbocycles. The van der Waals surface area contributed by atoms with E-state index < -0.39 is 12.6 Å². The molecule has 1 N–H and O–H groups in total. The number of hydrogen-bond donors (Lipinski definition) is 1. The van der Waals surface area contributed by atoms with Crippen LogP contribution in [0.25, 0.3) is 0 Å². The average Bonchev–Trinajstić information content (AvgIpc) is 2.79. The van der Waals surface area contributed by atoms with E-state index in [0.29, 0.717) is 5.92 Å². The fourth-order valence-corrected chi connectivity index (χ4v) is 1.47. The monoisotopic (exact) mass is 195 g/mol. The summed E-state index contributed by atoms with van der Waals surface area (Å²) in [5.41, 5.74) is 0. The summed E-state index contributed by atoms with van der Waals surface area (Å²) in [6.45, 7) is 0. The Morgan fingerprint density at radius 1 is 1.38 bits per heavy atom. The first-order chi connectivity index (χ1) is 6.01. The van der Waals surface area contributed by atoms with Gasteiger partial charge >= 0.3 is 6.18 Å². The van der Waals surface area contributed by atoms with E-state index in [1.165, 1.54) is 12.8 Å². The minimum Gasteiger partial charge on any atom is -0.317 e. The molecule has 1 nitrogen and oxygen atoms in total. The zero-order valence-corrected chi connectivity index (χ0v) is 7.82. The van der Waals surface area contributed by atoms with Crippen LogP contribution in [0.3, 0.4) is 0 Å². The van der Waals surface area contributed by atoms with Crippen molar-refractivity contribution in [1.82, 2.24) is 5.32 Å². The molecule has 1 aliphatic rings. The second kappa shape index (κ2) is 4.31. The fourth-order valence-electron chi connectivity index (χ4n) is 1.47. The highest BCUT2D eigenvalue weighted by atomic mass is 19.4. The molecule has 78 valence electrons. The molecule has 0 bridgehead atoms. The van der Waals surface area contributed by atoms with Gasteiger partial charge in [-0.25, -0.2) is 0 Å². The van der Waals surface area contributed by atoms with Crippen molar-refractivity contribution in [3.8, 4) is 0 Å². The second-order valence-corrected chi connectivity index (χ2v) is 3.82. The lowest BCUT2D eigenvalue weighted by molar-refractivity contribution is -0.136. The first-order valence-corrected chi connectivity index (χ1v) is 4.75. The molecule has 1 rings (SSSR count). The topological polar surface area (TPSA) is 12.0 Å². The van der Waals surface area contributed by atoms with Gasteiger partial charge in [0.1, 0.15) is 0 Å². The van der Waals surface area contributed by atoms with Crippen molar-refractivity contribution in [2.75, 3.05) is 7.05 Å². The second-order valence-electron chi connectivity index (χ2n) is 3.82. The van der Waals surface area contributed by atoms with E-state index in [1.807, 2.05) is 0 Å². The maximum atomic E-state index is 11.9. The zero-order valence-electron chi connectivity index (χ0n) is 7.82. The van der Waals surface area contributed by atoms with Crippen LogP contribution in [0.4, 0.5) is 13.2 Å². The van der Waals surface area contributed by atoms with Gasteiger partial charge in [0.25, 0.3) is 0 Å². The minimum absolute atomic E-state index is 0.0501. The Kier molecular flexibility index (Phi) is 3.59. The predicted octanol–water partition coefficient (Wildman–Crippen LogP) is 2.72. The third kappa shape index (κ3) is 5.13. The molecule has 1 fully saturated rings. The highest BCUT2D eigenvalue weighted by Gasteiger charge is 2.30. The van der Waals surface area contributed by atoms with Gasteiger partial charge in [-0.3, -0.25) is 0 Å². The van der Waals surface area contributed by atoms with Crippen LogP contribution in [-0.4, -0.2) is 19.3 Å². The maximum Gasteiger partial charge on any atom is 0.389 e. The summed E-state index contributed by atoms with van der Waals surface area (Å²) < 4.78 is 35.6. The van der Waals surface area contributed by atoms with Crippen molar-refractivity contribution in [2.45, 2.75) is 44.3 Å². The van der Waals surface area contributed by atoms with Crippen LogP contribution < -0.4 is 5.32 Å². The SMILES string of the molecule is CNC(CCC(F)(F)F)CC1CC1. The molecule has 1 atom stereocenters. The van der Waals surface area contributed by atoms with Gasteiger partial charge in [-0.15, -0.1) is 0 Å². The molecule has 13 heavy (non-hydrogen) atoms. The Morgan fingerprint density at radius 2 is 2.00 bits per heavy atom.